The van der Waals surface area contributed by atoms with Crippen molar-refractivity contribution in [1.29, 1.82) is 0 Å². The number of hydrogen-bond acceptors (Lipinski definition) is 7. The first-order valence-electron chi connectivity index (χ1n) is 7.15. The summed E-state index contributed by atoms with van der Waals surface area (Å²) in [5, 5.41) is 17.3. The van der Waals surface area contributed by atoms with E-state index in [1.54, 1.807) is 24.3 Å². The van der Waals surface area contributed by atoms with Crippen molar-refractivity contribution in [3.05, 3.63) is 70.7 Å². The van der Waals surface area contributed by atoms with Gasteiger partial charge in [0.2, 0.25) is 11.6 Å². The fraction of sp³-hybridized carbons (Fsp3) is 0.0625. The van der Waals surface area contributed by atoms with Gasteiger partial charge in [0, 0.05) is 11.4 Å². The van der Waals surface area contributed by atoms with Gasteiger partial charge >= 0.3 is 5.69 Å². The molecule has 1 aromatic carbocycles. The van der Waals surface area contributed by atoms with E-state index in [1.165, 1.54) is 6.33 Å². The molecule has 120 valence electrons. The van der Waals surface area contributed by atoms with Crippen LogP contribution in [0.4, 0.5) is 28.8 Å². The van der Waals surface area contributed by atoms with Gasteiger partial charge in [0.05, 0.1) is 4.92 Å². The smallest absolute Gasteiger partial charge is 0.334 e. The Morgan fingerprint density at radius 3 is 2.33 bits per heavy atom. The Hall–Kier alpha value is -3.55. The number of rotatable bonds is 5. The third kappa shape index (κ3) is 3.43. The van der Waals surface area contributed by atoms with E-state index in [1.807, 2.05) is 31.2 Å². The third-order valence-electron chi connectivity index (χ3n) is 3.18. The molecule has 2 N–H and O–H groups in total. The van der Waals surface area contributed by atoms with Crippen LogP contribution in [-0.4, -0.2) is 19.9 Å². The van der Waals surface area contributed by atoms with Crippen LogP contribution in [0.3, 0.4) is 0 Å². The molecule has 3 rings (SSSR count). The van der Waals surface area contributed by atoms with E-state index in [0.29, 0.717) is 11.5 Å². The molecule has 0 aliphatic carbocycles. The maximum absolute atomic E-state index is 11.5. The minimum atomic E-state index is -0.524. The lowest BCUT2D eigenvalue weighted by molar-refractivity contribution is -0.383. The molecular weight excluding hydrogens is 308 g/mol. The number of nitrogens with zero attached hydrogens (tertiary/aromatic N) is 4. The van der Waals surface area contributed by atoms with Crippen molar-refractivity contribution in [3.63, 3.8) is 0 Å². The van der Waals surface area contributed by atoms with Crippen molar-refractivity contribution in [2.75, 3.05) is 10.6 Å². The highest BCUT2D eigenvalue weighted by Gasteiger charge is 2.23. The van der Waals surface area contributed by atoms with Crippen LogP contribution < -0.4 is 10.6 Å². The molecule has 0 saturated carbocycles. The van der Waals surface area contributed by atoms with E-state index >= 15 is 0 Å². The maximum Gasteiger partial charge on any atom is 0.353 e. The SMILES string of the molecule is Cc1cccc(Nc2ncnc(Nc3ccccc3)c2[N+](=O)[O-])n1. The average molecular weight is 322 g/mol. The Balaban J connectivity index is 1.97. The molecule has 0 bridgehead atoms. The second-order valence-corrected chi connectivity index (χ2v) is 4.96. The Kier molecular flexibility index (Phi) is 4.28. The molecule has 3 aromatic rings. The summed E-state index contributed by atoms with van der Waals surface area (Å²) in [5.74, 6) is 0.658. The fourth-order valence-corrected chi connectivity index (χ4v) is 2.13. The van der Waals surface area contributed by atoms with Crippen molar-refractivity contribution in [2.45, 2.75) is 6.92 Å². The zero-order valence-electron chi connectivity index (χ0n) is 12.8. The van der Waals surface area contributed by atoms with Crippen molar-refractivity contribution in [3.8, 4) is 0 Å². The van der Waals surface area contributed by atoms with Gasteiger partial charge in [-0.3, -0.25) is 10.1 Å². The number of hydrogen-bond donors (Lipinski definition) is 2. The Labute approximate surface area is 137 Å². The van der Waals surface area contributed by atoms with Crippen LogP contribution in [0.15, 0.2) is 54.9 Å². The van der Waals surface area contributed by atoms with Gasteiger partial charge in [0.1, 0.15) is 12.1 Å². The van der Waals surface area contributed by atoms with Crippen LogP contribution >= 0.6 is 0 Å². The first-order chi connectivity index (χ1) is 11.6. The standard InChI is InChI=1S/C16H14N6O2/c1-11-6-5-9-13(19-11)21-16-14(22(23)24)15(17-10-18-16)20-12-7-3-2-4-8-12/h2-10H,1H3,(H2,17,18,19,20,21). The van der Waals surface area contributed by atoms with E-state index < -0.39 is 4.92 Å². The van der Waals surface area contributed by atoms with Crippen LogP contribution in [0.5, 0.6) is 0 Å². The quantitative estimate of drug-likeness (QED) is 0.546. The van der Waals surface area contributed by atoms with Gasteiger partial charge < -0.3 is 10.6 Å². The Morgan fingerprint density at radius 2 is 1.67 bits per heavy atom. The lowest BCUT2D eigenvalue weighted by Crippen LogP contribution is -2.06. The van der Waals surface area contributed by atoms with Crippen LogP contribution in [0, 0.1) is 17.0 Å². The van der Waals surface area contributed by atoms with Gasteiger partial charge in [-0.05, 0) is 31.2 Å². The Bertz CT molecular complexity index is 869. The van der Waals surface area contributed by atoms with Crippen molar-refractivity contribution >= 4 is 28.8 Å². The van der Waals surface area contributed by atoms with Gasteiger partial charge in [-0.15, -0.1) is 0 Å². The summed E-state index contributed by atoms with van der Waals surface area (Å²) in [5.41, 5.74) is 1.24. The second kappa shape index (κ2) is 6.69. The van der Waals surface area contributed by atoms with Gasteiger partial charge in [0.25, 0.3) is 0 Å². The molecule has 0 saturated heterocycles. The van der Waals surface area contributed by atoms with Crippen molar-refractivity contribution in [1.82, 2.24) is 15.0 Å². The summed E-state index contributed by atoms with van der Waals surface area (Å²) < 4.78 is 0. The number of para-hydroxylation sites is 1. The molecule has 0 fully saturated rings. The highest BCUT2D eigenvalue weighted by Crippen LogP contribution is 2.32. The highest BCUT2D eigenvalue weighted by atomic mass is 16.6. The average Bonchev–Trinajstić information content (AvgIpc) is 2.56. The molecule has 0 atom stereocenters. The Morgan fingerprint density at radius 1 is 0.958 bits per heavy atom. The molecule has 0 spiro atoms. The van der Waals surface area contributed by atoms with E-state index in [4.69, 9.17) is 0 Å². The number of aryl methyl sites for hydroxylation is 1. The molecule has 0 aliphatic rings. The van der Waals surface area contributed by atoms with Crippen LogP contribution in [0.1, 0.15) is 5.69 Å². The van der Waals surface area contributed by atoms with Crippen LogP contribution in [-0.2, 0) is 0 Å². The normalized spacial score (nSPS) is 10.2. The molecule has 0 radical (unpaired) electrons. The van der Waals surface area contributed by atoms with Gasteiger partial charge in [-0.2, -0.15) is 0 Å². The lowest BCUT2D eigenvalue weighted by atomic mass is 10.3. The number of nitrogens with one attached hydrogen (secondary N) is 2. The maximum atomic E-state index is 11.5. The van der Waals surface area contributed by atoms with Crippen molar-refractivity contribution < 1.29 is 4.92 Å². The molecule has 0 amide bonds. The number of pyridine rings is 1. The molecule has 2 aromatic heterocycles. The zero-order valence-corrected chi connectivity index (χ0v) is 12.8. The predicted molar refractivity (Wildman–Crippen MR) is 90.7 cm³/mol. The van der Waals surface area contributed by atoms with Gasteiger partial charge in [-0.1, -0.05) is 24.3 Å². The van der Waals surface area contributed by atoms with E-state index in [9.17, 15) is 10.1 Å². The number of benzene rings is 1. The summed E-state index contributed by atoms with van der Waals surface area (Å²) in [6, 6.07) is 14.4. The number of aromatic nitrogens is 3. The summed E-state index contributed by atoms with van der Waals surface area (Å²) in [6.45, 7) is 1.84. The molecular formula is C16H14N6O2. The number of anilines is 4. The van der Waals surface area contributed by atoms with Gasteiger partial charge in [0.15, 0.2) is 0 Å². The first-order valence-corrected chi connectivity index (χ1v) is 7.15. The second-order valence-electron chi connectivity index (χ2n) is 4.96. The first kappa shape index (κ1) is 15.3. The fourth-order valence-electron chi connectivity index (χ4n) is 2.13. The topological polar surface area (TPSA) is 106 Å². The zero-order chi connectivity index (χ0) is 16.9. The van der Waals surface area contributed by atoms with E-state index in [0.717, 1.165) is 5.69 Å². The molecule has 0 unspecified atom stereocenters. The van der Waals surface area contributed by atoms with Crippen LogP contribution in [0.25, 0.3) is 0 Å². The van der Waals surface area contributed by atoms with E-state index in [-0.39, 0.29) is 17.3 Å². The largest absolute Gasteiger partial charge is 0.353 e. The highest BCUT2D eigenvalue weighted by molar-refractivity contribution is 5.76. The molecule has 8 heteroatoms. The third-order valence-corrected chi connectivity index (χ3v) is 3.18. The monoisotopic (exact) mass is 322 g/mol. The molecule has 24 heavy (non-hydrogen) atoms. The summed E-state index contributed by atoms with van der Waals surface area (Å²) >= 11 is 0. The lowest BCUT2D eigenvalue weighted by Gasteiger charge is -2.10. The van der Waals surface area contributed by atoms with E-state index in [2.05, 4.69) is 25.6 Å². The molecule has 0 aliphatic heterocycles. The molecule has 2 heterocycles. The summed E-state index contributed by atoms with van der Waals surface area (Å²) in [7, 11) is 0. The van der Waals surface area contributed by atoms with Crippen LogP contribution in [0.2, 0.25) is 0 Å². The minimum absolute atomic E-state index is 0.0755. The van der Waals surface area contributed by atoms with Gasteiger partial charge in [-0.25, -0.2) is 15.0 Å². The minimum Gasteiger partial charge on any atom is -0.334 e. The molecule has 8 nitrogen and oxygen atoms in total. The van der Waals surface area contributed by atoms with Crippen molar-refractivity contribution in [2.24, 2.45) is 0 Å². The summed E-state index contributed by atoms with van der Waals surface area (Å²) in [6.07, 6.45) is 1.26. The number of nitro groups is 1. The summed E-state index contributed by atoms with van der Waals surface area (Å²) in [4.78, 5) is 23.2. The predicted octanol–water partition coefficient (Wildman–Crippen LogP) is 3.58.